The molecule has 3 heterocycles. The van der Waals surface area contributed by atoms with Crippen LogP contribution in [0.5, 0.6) is 5.75 Å². The molecule has 5 aromatic rings. The summed E-state index contributed by atoms with van der Waals surface area (Å²) in [5.74, 6) is -1.98. The quantitative estimate of drug-likeness (QED) is 0.0514. The number of alkyl halides is 1. The number of esters is 2. The third kappa shape index (κ3) is 12.9. The second-order valence-electron chi connectivity index (χ2n) is 17.1. The number of nitrogens with zero attached hydrogens (tertiary/aromatic N) is 2. The van der Waals surface area contributed by atoms with Gasteiger partial charge in [0, 0.05) is 30.3 Å². The number of aromatic amines is 1. The highest BCUT2D eigenvalue weighted by atomic mass is 31.2. The zero-order valence-corrected chi connectivity index (χ0v) is 38.7. The van der Waals surface area contributed by atoms with Crippen molar-refractivity contribution in [2.24, 2.45) is 0 Å². The number of alkyl carbamates (subject to hydrolysis) is 1. The molecule has 0 saturated carbocycles. The normalized spacial score (nSPS) is 20.0. The molecule has 3 N–H and O–H groups in total. The molecular weight excluding hydrogens is 896 g/mol. The van der Waals surface area contributed by atoms with Gasteiger partial charge in [-0.25, -0.2) is 28.1 Å². The number of rotatable bonds is 17. The Morgan fingerprint density at radius 3 is 2.24 bits per heavy atom. The van der Waals surface area contributed by atoms with Gasteiger partial charge in [0.1, 0.15) is 36.1 Å². The Morgan fingerprint density at radius 2 is 1.58 bits per heavy atom. The van der Waals surface area contributed by atoms with Crippen molar-refractivity contribution in [3.63, 3.8) is 0 Å². The van der Waals surface area contributed by atoms with Crippen LogP contribution in [0.15, 0.2) is 113 Å². The van der Waals surface area contributed by atoms with Crippen LogP contribution in [0, 0.1) is 0 Å². The summed E-state index contributed by atoms with van der Waals surface area (Å²) in [7, 11) is -4.64. The standard InChI is InChI=1S/C46H53FN5O14P/c1-28(2)62-39(54)29(3)50-67(59,66-32-18-12-9-13-19-32)61-27-36-38(46(7,47)41(63-36)51-23-22-37(53)49-42(51)56)64-40(55)34(48-43(57)60-26-30-16-10-8-11-17-30)24-31-25-52(44(58)65-45(4,5)6)35-21-15-14-20-33(31)35/h8-23,25,28-29,34,36,38,41H,24,26-27H2,1-7H3,(H,48,57)(H,50,59)(H,49,53,56)/t29-,34-,36+,38+,41+,46+,67-/m0/s1. The van der Waals surface area contributed by atoms with Crippen LogP contribution < -0.4 is 26.2 Å². The molecule has 19 nitrogen and oxygen atoms in total. The first-order valence-corrected chi connectivity index (χ1v) is 22.8. The van der Waals surface area contributed by atoms with Crippen molar-refractivity contribution in [1.82, 2.24) is 24.5 Å². The molecule has 0 aliphatic carbocycles. The summed E-state index contributed by atoms with van der Waals surface area (Å²) in [6, 6.07) is 21.3. The zero-order valence-electron chi connectivity index (χ0n) is 37.8. The van der Waals surface area contributed by atoms with Crippen molar-refractivity contribution < 1.29 is 60.9 Å². The van der Waals surface area contributed by atoms with Gasteiger partial charge in [0.05, 0.1) is 18.2 Å². The zero-order chi connectivity index (χ0) is 48.7. The van der Waals surface area contributed by atoms with Crippen LogP contribution in [0.2, 0.25) is 0 Å². The maximum atomic E-state index is 17.6. The highest BCUT2D eigenvalue weighted by Crippen LogP contribution is 2.48. The largest absolute Gasteiger partial charge is 0.462 e. The highest BCUT2D eigenvalue weighted by molar-refractivity contribution is 7.52. The van der Waals surface area contributed by atoms with Crippen LogP contribution in [0.3, 0.4) is 0 Å². The van der Waals surface area contributed by atoms with Gasteiger partial charge in [-0.2, -0.15) is 5.09 Å². The number of H-pyrrole nitrogens is 1. The van der Waals surface area contributed by atoms with Gasteiger partial charge < -0.3 is 33.5 Å². The molecule has 1 aliphatic heterocycles. The summed E-state index contributed by atoms with van der Waals surface area (Å²) >= 11 is 0. The second-order valence-corrected chi connectivity index (χ2v) is 18.8. The molecule has 1 saturated heterocycles. The number of fused-ring (bicyclic) bond motifs is 1. The number of para-hydroxylation sites is 2. The lowest BCUT2D eigenvalue weighted by molar-refractivity contribution is -0.160. The van der Waals surface area contributed by atoms with Crippen molar-refractivity contribution >= 4 is 42.8 Å². The number of carbonyl (C=O) groups is 4. The van der Waals surface area contributed by atoms with Gasteiger partial charge in [0.2, 0.25) is 0 Å². The van der Waals surface area contributed by atoms with Crippen molar-refractivity contribution in [3.05, 3.63) is 135 Å². The van der Waals surface area contributed by atoms with Gasteiger partial charge in [0.15, 0.2) is 18.0 Å². The van der Waals surface area contributed by atoms with Gasteiger partial charge in [-0.3, -0.25) is 28.2 Å². The maximum absolute atomic E-state index is 17.6. The summed E-state index contributed by atoms with van der Waals surface area (Å²) in [5.41, 5.74) is -4.15. The van der Waals surface area contributed by atoms with E-state index < -0.39 is 97.6 Å². The number of amides is 1. The van der Waals surface area contributed by atoms with E-state index in [0.29, 0.717) is 22.0 Å². The number of halogens is 1. The molecule has 21 heteroatoms. The van der Waals surface area contributed by atoms with Crippen LogP contribution >= 0.6 is 7.75 Å². The van der Waals surface area contributed by atoms with Crippen LogP contribution in [0.25, 0.3) is 10.9 Å². The number of nitrogens with one attached hydrogen (secondary N) is 3. The fourth-order valence-corrected chi connectivity index (χ4v) is 8.55. The summed E-state index contributed by atoms with van der Waals surface area (Å²) in [6.45, 7) is 9.61. The molecule has 0 bridgehead atoms. The smallest absolute Gasteiger partial charge is 0.459 e. The van der Waals surface area contributed by atoms with Crippen molar-refractivity contribution in [2.45, 2.75) is 109 Å². The Hall–Kier alpha value is -6.60. The molecule has 3 aromatic carbocycles. The van der Waals surface area contributed by atoms with Gasteiger partial charge >= 0.3 is 37.6 Å². The Balaban J connectivity index is 1.35. The minimum atomic E-state index is -4.64. The number of hydrogen-bond donors (Lipinski definition) is 3. The molecule has 6 rings (SSSR count). The average Bonchev–Trinajstić information content (AvgIpc) is 3.74. The maximum Gasteiger partial charge on any atom is 0.459 e. The minimum absolute atomic E-state index is 0.0483. The Labute approximate surface area is 384 Å². The van der Waals surface area contributed by atoms with Crippen LogP contribution in [0.1, 0.15) is 65.8 Å². The van der Waals surface area contributed by atoms with Gasteiger partial charge in [-0.1, -0.05) is 66.7 Å². The van der Waals surface area contributed by atoms with Gasteiger partial charge in [0.25, 0.3) is 5.56 Å². The molecule has 1 amide bonds. The Bertz CT molecular complexity index is 2720. The Morgan fingerprint density at radius 1 is 0.925 bits per heavy atom. The molecule has 7 atom stereocenters. The third-order valence-electron chi connectivity index (χ3n) is 10.1. The summed E-state index contributed by atoms with van der Waals surface area (Å²) in [5, 5.41) is 5.53. The first-order valence-electron chi connectivity index (χ1n) is 21.3. The molecule has 0 radical (unpaired) electrons. The van der Waals surface area contributed by atoms with E-state index in [2.05, 4.69) is 10.4 Å². The first-order chi connectivity index (χ1) is 31.6. The molecule has 1 aliphatic rings. The monoisotopic (exact) mass is 949 g/mol. The molecule has 358 valence electrons. The average molecular weight is 950 g/mol. The molecular formula is C46H53FN5O14P. The van der Waals surface area contributed by atoms with E-state index in [9.17, 15) is 33.3 Å². The van der Waals surface area contributed by atoms with Crippen LogP contribution in [0.4, 0.5) is 14.0 Å². The molecule has 67 heavy (non-hydrogen) atoms. The SMILES string of the molecule is CC(C)OC(=O)[C@H](C)N[P@](=O)(OC[C@H]1O[C@@H](n2ccc(=O)[nH]c2=O)[C@](C)(F)[C@@H]1OC(=O)[C@H](Cc1cn(C(=O)OC(C)(C)C)c2ccccc12)NC(=O)OCc1ccccc1)Oc1ccccc1. The summed E-state index contributed by atoms with van der Waals surface area (Å²) in [4.78, 5) is 81.4. The predicted octanol–water partition coefficient (Wildman–Crippen LogP) is 6.48. The molecule has 2 aromatic heterocycles. The van der Waals surface area contributed by atoms with E-state index in [1.807, 2.05) is 4.98 Å². The molecule has 0 spiro atoms. The fourth-order valence-electron chi connectivity index (χ4n) is 7.05. The number of aromatic nitrogens is 3. The van der Waals surface area contributed by atoms with Gasteiger partial charge in [-0.15, -0.1) is 0 Å². The van der Waals surface area contributed by atoms with Crippen LogP contribution in [-0.4, -0.2) is 86.5 Å². The third-order valence-corrected chi connectivity index (χ3v) is 11.7. The second kappa shape index (κ2) is 20.9. The van der Waals surface area contributed by atoms with E-state index >= 15 is 4.39 Å². The number of carbonyl (C=O) groups excluding carboxylic acids is 4. The highest BCUT2D eigenvalue weighted by Gasteiger charge is 2.59. The minimum Gasteiger partial charge on any atom is -0.462 e. The number of ether oxygens (including phenoxy) is 5. The van der Waals surface area contributed by atoms with Crippen molar-refractivity contribution in [1.29, 1.82) is 0 Å². The molecule has 1 fully saturated rings. The van der Waals surface area contributed by atoms with E-state index in [4.69, 9.17) is 32.7 Å². The van der Waals surface area contributed by atoms with E-state index in [1.165, 1.54) is 29.8 Å². The molecule has 0 unspecified atom stereocenters. The number of benzene rings is 3. The van der Waals surface area contributed by atoms with Crippen LogP contribution in [-0.2, 0) is 55.4 Å². The number of hydrogen-bond acceptors (Lipinski definition) is 14. The van der Waals surface area contributed by atoms with Crippen molar-refractivity contribution in [2.75, 3.05) is 6.61 Å². The Kier molecular flexibility index (Phi) is 15.6. The lowest BCUT2D eigenvalue weighted by atomic mass is 9.97. The first kappa shape index (κ1) is 49.8. The topological polar surface area (TPSA) is 234 Å². The van der Waals surface area contributed by atoms with E-state index in [-0.39, 0.29) is 18.8 Å². The lowest BCUT2D eigenvalue weighted by Gasteiger charge is -2.29. The van der Waals surface area contributed by atoms with E-state index in [1.54, 1.807) is 107 Å². The van der Waals surface area contributed by atoms with Gasteiger partial charge in [-0.05, 0) is 77.8 Å². The summed E-state index contributed by atoms with van der Waals surface area (Å²) in [6.07, 6.45) is -5.84. The lowest BCUT2D eigenvalue weighted by Crippen LogP contribution is -2.50. The van der Waals surface area contributed by atoms with E-state index in [0.717, 1.165) is 23.8 Å². The predicted molar refractivity (Wildman–Crippen MR) is 240 cm³/mol. The summed E-state index contributed by atoms with van der Waals surface area (Å²) < 4.78 is 73.9. The van der Waals surface area contributed by atoms with Crippen molar-refractivity contribution in [3.8, 4) is 5.75 Å². The fraction of sp³-hybridized carbons (Fsp3) is 0.391.